The Morgan fingerprint density at radius 2 is 1.67 bits per heavy atom. The molecule has 2 nitrogen and oxygen atoms in total. The lowest BCUT2D eigenvalue weighted by atomic mass is 10.1. The van der Waals surface area contributed by atoms with Crippen molar-refractivity contribution in [2.45, 2.75) is 12.6 Å². The van der Waals surface area contributed by atoms with Gasteiger partial charge >= 0.3 is 0 Å². The summed E-state index contributed by atoms with van der Waals surface area (Å²) in [5.41, 5.74) is 8.11. The number of hydrogen-bond donors (Lipinski definition) is 2. The third-order valence-electron chi connectivity index (χ3n) is 2.91. The zero-order valence-electron chi connectivity index (χ0n) is 10.1. The Hall–Kier alpha value is -1.35. The summed E-state index contributed by atoms with van der Waals surface area (Å²) in [5, 5.41) is 4.19. The molecule has 94 valence electrons. The zero-order valence-corrected chi connectivity index (χ0v) is 10.9. The van der Waals surface area contributed by atoms with E-state index in [2.05, 4.69) is 17.4 Å². The molecule has 0 aromatic heterocycles. The number of halogens is 1. The topological polar surface area (TPSA) is 38.0 Å². The van der Waals surface area contributed by atoms with Crippen LogP contribution in [0.2, 0.25) is 5.02 Å². The average molecular weight is 261 g/mol. The number of nitrogens with two attached hydrogens (primary N) is 1. The van der Waals surface area contributed by atoms with Crippen molar-refractivity contribution in [3.8, 4) is 0 Å². The summed E-state index contributed by atoms with van der Waals surface area (Å²) in [6, 6.07) is 18.2. The fraction of sp³-hybridized carbons (Fsp3) is 0.200. The molecule has 0 heterocycles. The van der Waals surface area contributed by atoms with Crippen molar-refractivity contribution in [3.05, 3.63) is 70.7 Å². The summed E-state index contributed by atoms with van der Waals surface area (Å²) in [6.07, 6.45) is 0. The predicted molar refractivity (Wildman–Crippen MR) is 76.5 cm³/mol. The maximum absolute atomic E-state index is 6.18. The maximum Gasteiger partial charge on any atom is 0.0461 e. The van der Waals surface area contributed by atoms with E-state index in [4.69, 9.17) is 17.3 Å². The lowest BCUT2D eigenvalue weighted by molar-refractivity contribution is 0.542. The van der Waals surface area contributed by atoms with Gasteiger partial charge in [-0.2, -0.15) is 0 Å². The summed E-state index contributed by atoms with van der Waals surface area (Å²) >= 11 is 6.18. The Labute approximate surface area is 113 Å². The molecule has 2 aromatic rings. The Balaban J connectivity index is 2.04. The second-order valence-electron chi connectivity index (χ2n) is 4.18. The third-order valence-corrected chi connectivity index (χ3v) is 3.26. The van der Waals surface area contributed by atoms with E-state index in [0.717, 1.165) is 17.1 Å². The van der Waals surface area contributed by atoms with Crippen LogP contribution in [0.15, 0.2) is 54.6 Å². The molecule has 0 saturated carbocycles. The fourth-order valence-electron chi connectivity index (χ4n) is 1.91. The van der Waals surface area contributed by atoms with Gasteiger partial charge in [0.05, 0.1) is 0 Å². The van der Waals surface area contributed by atoms with Gasteiger partial charge in [-0.25, -0.2) is 0 Å². The number of nitrogens with one attached hydrogen (secondary N) is 1. The molecule has 0 amide bonds. The van der Waals surface area contributed by atoms with Crippen molar-refractivity contribution in [2.24, 2.45) is 5.73 Å². The van der Waals surface area contributed by atoms with Gasteiger partial charge in [0.25, 0.3) is 0 Å². The standard InChI is InChI=1S/C15H17ClN2/c16-14-9-5-4-8-13(14)15(10-17)18-11-12-6-2-1-3-7-12/h1-9,15,18H,10-11,17H2. The van der Waals surface area contributed by atoms with Gasteiger partial charge in [-0.05, 0) is 17.2 Å². The molecule has 2 rings (SSSR count). The molecule has 3 N–H and O–H groups in total. The zero-order chi connectivity index (χ0) is 12.8. The quantitative estimate of drug-likeness (QED) is 0.867. The van der Waals surface area contributed by atoms with E-state index in [1.807, 2.05) is 42.5 Å². The molecule has 3 heteroatoms. The first kappa shape index (κ1) is 13.1. The molecule has 0 aliphatic rings. The molecule has 0 bridgehead atoms. The summed E-state index contributed by atoms with van der Waals surface area (Å²) in [4.78, 5) is 0. The molecule has 18 heavy (non-hydrogen) atoms. The van der Waals surface area contributed by atoms with E-state index in [0.29, 0.717) is 6.54 Å². The molecule has 0 saturated heterocycles. The predicted octanol–water partition coefficient (Wildman–Crippen LogP) is 3.13. The summed E-state index contributed by atoms with van der Waals surface area (Å²) in [7, 11) is 0. The van der Waals surface area contributed by atoms with E-state index >= 15 is 0 Å². The first-order valence-electron chi connectivity index (χ1n) is 6.03. The van der Waals surface area contributed by atoms with Crippen LogP contribution < -0.4 is 11.1 Å². The van der Waals surface area contributed by atoms with Gasteiger partial charge in [-0.1, -0.05) is 60.1 Å². The first-order chi connectivity index (χ1) is 8.81. The molecule has 2 aromatic carbocycles. The van der Waals surface area contributed by atoms with Crippen LogP contribution in [0.4, 0.5) is 0 Å². The monoisotopic (exact) mass is 260 g/mol. The van der Waals surface area contributed by atoms with Gasteiger partial charge in [0.2, 0.25) is 0 Å². The fourth-order valence-corrected chi connectivity index (χ4v) is 2.18. The normalized spacial score (nSPS) is 12.3. The largest absolute Gasteiger partial charge is 0.329 e. The number of benzene rings is 2. The maximum atomic E-state index is 6.18. The molecule has 0 radical (unpaired) electrons. The van der Waals surface area contributed by atoms with Crippen LogP contribution in [-0.2, 0) is 6.54 Å². The van der Waals surface area contributed by atoms with Crippen molar-refractivity contribution in [3.63, 3.8) is 0 Å². The van der Waals surface area contributed by atoms with Crippen molar-refractivity contribution < 1.29 is 0 Å². The van der Waals surface area contributed by atoms with E-state index in [-0.39, 0.29) is 6.04 Å². The Morgan fingerprint density at radius 1 is 1.00 bits per heavy atom. The molecule has 0 spiro atoms. The van der Waals surface area contributed by atoms with Crippen LogP contribution in [0.1, 0.15) is 17.2 Å². The summed E-state index contributed by atoms with van der Waals surface area (Å²) < 4.78 is 0. The highest BCUT2D eigenvalue weighted by Gasteiger charge is 2.11. The number of hydrogen-bond acceptors (Lipinski definition) is 2. The summed E-state index contributed by atoms with van der Waals surface area (Å²) in [5.74, 6) is 0. The van der Waals surface area contributed by atoms with Crippen LogP contribution >= 0.6 is 11.6 Å². The average Bonchev–Trinajstić information content (AvgIpc) is 2.42. The lowest BCUT2D eigenvalue weighted by Gasteiger charge is -2.18. The van der Waals surface area contributed by atoms with E-state index in [1.54, 1.807) is 0 Å². The van der Waals surface area contributed by atoms with Crippen molar-refractivity contribution >= 4 is 11.6 Å². The van der Waals surface area contributed by atoms with E-state index in [9.17, 15) is 0 Å². The summed E-state index contributed by atoms with van der Waals surface area (Å²) in [6.45, 7) is 1.31. The van der Waals surface area contributed by atoms with Crippen LogP contribution in [0.3, 0.4) is 0 Å². The SMILES string of the molecule is NCC(NCc1ccccc1)c1ccccc1Cl. The molecule has 1 unspecified atom stereocenters. The highest BCUT2D eigenvalue weighted by atomic mass is 35.5. The Morgan fingerprint density at radius 3 is 2.33 bits per heavy atom. The van der Waals surface area contributed by atoms with E-state index < -0.39 is 0 Å². The smallest absolute Gasteiger partial charge is 0.0461 e. The first-order valence-corrected chi connectivity index (χ1v) is 6.41. The minimum absolute atomic E-state index is 0.0823. The molecular formula is C15H17ClN2. The third kappa shape index (κ3) is 3.33. The molecular weight excluding hydrogens is 244 g/mol. The Bertz CT molecular complexity index is 485. The van der Waals surface area contributed by atoms with Crippen LogP contribution in [-0.4, -0.2) is 6.54 Å². The molecule has 1 atom stereocenters. The molecule has 0 aliphatic heterocycles. The molecule has 0 aliphatic carbocycles. The van der Waals surface area contributed by atoms with Gasteiger partial charge < -0.3 is 11.1 Å². The van der Waals surface area contributed by atoms with Gasteiger partial charge in [0.15, 0.2) is 0 Å². The highest BCUT2D eigenvalue weighted by Crippen LogP contribution is 2.22. The van der Waals surface area contributed by atoms with Crippen molar-refractivity contribution in [2.75, 3.05) is 6.54 Å². The second kappa shape index (κ2) is 6.55. The van der Waals surface area contributed by atoms with Gasteiger partial charge in [0, 0.05) is 24.2 Å². The minimum Gasteiger partial charge on any atom is -0.329 e. The van der Waals surface area contributed by atoms with Crippen LogP contribution in [0.5, 0.6) is 0 Å². The second-order valence-corrected chi connectivity index (χ2v) is 4.58. The van der Waals surface area contributed by atoms with Gasteiger partial charge in [-0.3, -0.25) is 0 Å². The minimum atomic E-state index is 0.0823. The van der Waals surface area contributed by atoms with Crippen LogP contribution in [0.25, 0.3) is 0 Å². The Kier molecular flexibility index (Phi) is 4.76. The van der Waals surface area contributed by atoms with Crippen LogP contribution in [0, 0.1) is 0 Å². The molecule has 0 fully saturated rings. The number of rotatable bonds is 5. The van der Waals surface area contributed by atoms with E-state index in [1.165, 1.54) is 5.56 Å². The highest BCUT2D eigenvalue weighted by molar-refractivity contribution is 6.31. The van der Waals surface area contributed by atoms with Gasteiger partial charge in [0.1, 0.15) is 0 Å². The van der Waals surface area contributed by atoms with Crippen molar-refractivity contribution in [1.82, 2.24) is 5.32 Å². The lowest BCUT2D eigenvalue weighted by Crippen LogP contribution is -2.28. The van der Waals surface area contributed by atoms with Crippen molar-refractivity contribution in [1.29, 1.82) is 0 Å². The van der Waals surface area contributed by atoms with Gasteiger partial charge in [-0.15, -0.1) is 0 Å².